The van der Waals surface area contributed by atoms with Crippen molar-refractivity contribution in [3.63, 3.8) is 0 Å². The molecule has 0 heterocycles. The van der Waals surface area contributed by atoms with Crippen LogP contribution in [0.15, 0.2) is 0 Å². The fraction of sp³-hybridized carbons (Fsp3) is 0.977. The molecule has 0 aliphatic carbocycles. The van der Waals surface area contributed by atoms with Gasteiger partial charge in [0.05, 0.1) is 18.8 Å². The smallest absolute Gasteiger partial charge is 0.220 e. The van der Waals surface area contributed by atoms with Gasteiger partial charge in [0, 0.05) is 6.42 Å². The third-order valence-electron chi connectivity index (χ3n) is 10.5. The summed E-state index contributed by atoms with van der Waals surface area (Å²) in [7, 11) is 0. The highest BCUT2D eigenvalue weighted by molar-refractivity contribution is 5.76. The van der Waals surface area contributed by atoms with Crippen LogP contribution in [0.4, 0.5) is 0 Å². The van der Waals surface area contributed by atoms with Crippen molar-refractivity contribution in [2.75, 3.05) is 6.61 Å². The van der Waals surface area contributed by atoms with Crippen LogP contribution >= 0.6 is 0 Å². The van der Waals surface area contributed by atoms with Crippen molar-refractivity contribution in [3.8, 4) is 0 Å². The molecule has 5 nitrogen and oxygen atoms in total. The van der Waals surface area contributed by atoms with Gasteiger partial charge in [0.25, 0.3) is 0 Å². The summed E-state index contributed by atoms with van der Waals surface area (Å²) in [4.78, 5) is 12.4. The number of hydrogen-bond donors (Lipinski definition) is 4. The van der Waals surface area contributed by atoms with Gasteiger partial charge in [0.1, 0.15) is 6.10 Å². The zero-order chi connectivity index (χ0) is 35.2. The van der Waals surface area contributed by atoms with Crippen molar-refractivity contribution in [1.82, 2.24) is 5.32 Å². The van der Waals surface area contributed by atoms with Crippen LogP contribution in [0.1, 0.15) is 245 Å². The van der Waals surface area contributed by atoms with Crippen molar-refractivity contribution in [1.29, 1.82) is 0 Å². The molecule has 0 aromatic carbocycles. The minimum atomic E-state index is -1.13. The summed E-state index contributed by atoms with van der Waals surface area (Å²) >= 11 is 0. The van der Waals surface area contributed by atoms with Crippen LogP contribution in [0.3, 0.4) is 0 Å². The van der Waals surface area contributed by atoms with Crippen LogP contribution in [-0.2, 0) is 4.79 Å². The first-order valence-electron chi connectivity index (χ1n) is 21.8. The first kappa shape index (κ1) is 47.4. The van der Waals surface area contributed by atoms with Gasteiger partial charge in [-0.2, -0.15) is 0 Å². The van der Waals surface area contributed by atoms with Crippen molar-refractivity contribution >= 4 is 5.91 Å². The van der Waals surface area contributed by atoms with Crippen molar-refractivity contribution in [3.05, 3.63) is 0 Å². The van der Waals surface area contributed by atoms with E-state index in [1.54, 1.807) is 0 Å². The molecular weight excluding hydrogens is 594 g/mol. The molecule has 4 N–H and O–H groups in total. The lowest BCUT2D eigenvalue weighted by Crippen LogP contribution is -2.50. The predicted molar refractivity (Wildman–Crippen MR) is 209 cm³/mol. The van der Waals surface area contributed by atoms with Gasteiger partial charge < -0.3 is 20.6 Å². The van der Waals surface area contributed by atoms with E-state index in [1.807, 2.05) is 0 Å². The lowest BCUT2D eigenvalue weighted by molar-refractivity contribution is -0.124. The molecule has 288 valence electrons. The molecule has 0 saturated heterocycles. The van der Waals surface area contributed by atoms with E-state index in [9.17, 15) is 20.1 Å². The minimum Gasteiger partial charge on any atom is -0.394 e. The molecule has 0 spiro atoms. The lowest BCUT2D eigenvalue weighted by atomic mass is 9.99. The van der Waals surface area contributed by atoms with Crippen LogP contribution in [0.5, 0.6) is 0 Å². The van der Waals surface area contributed by atoms with Gasteiger partial charge in [-0.05, 0) is 12.8 Å². The molecule has 0 aliphatic heterocycles. The first-order chi connectivity index (χ1) is 23.6. The molecule has 0 rings (SSSR count). The second-order valence-electron chi connectivity index (χ2n) is 15.3. The molecule has 0 aliphatic rings. The Morgan fingerprint density at radius 1 is 0.438 bits per heavy atom. The molecule has 0 fully saturated rings. The van der Waals surface area contributed by atoms with E-state index in [0.29, 0.717) is 12.8 Å². The van der Waals surface area contributed by atoms with Gasteiger partial charge in [-0.3, -0.25) is 4.79 Å². The Kier molecular flexibility index (Phi) is 38.6. The molecule has 5 heteroatoms. The second kappa shape index (κ2) is 39.1. The average Bonchev–Trinajstić information content (AvgIpc) is 3.09. The molecule has 3 unspecified atom stereocenters. The summed E-state index contributed by atoms with van der Waals surface area (Å²) in [5.41, 5.74) is 0. The molecule has 0 aromatic heterocycles. The fourth-order valence-corrected chi connectivity index (χ4v) is 7.05. The largest absolute Gasteiger partial charge is 0.394 e. The third kappa shape index (κ3) is 33.8. The molecule has 0 bridgehead atoms. The number of rotatable bonds is 40. The van der Waals surface area contributed by atoms with E-state index in [0.717, 1.165) is 32.1 Å². The van der Waals surface area contributed by atoms with Crippen molar-refractivity contribution in [2.24, 2.45) is 0 Å². The number of amides is 1. The monoisotopic (exact) mass is 682 g/mol. The second-order valence-corrected chi connectivity index (χ2v) is 15.3. The van der Waals surface area contributed by atoms with Crippen molar-refractivity contribution < 1.29 is 20.1 Å². The molecule has 1 amide bonds. The standard InChI is InChI=1S/C43H87NO4/c1-3-5-7-9-11-13-15-17-19-20-21-22-24-26-28-30-32-34-36-38-42(47)44-40(39-45)43(48)41(46)37-35-33-31-29-27-25-23-18-16-14-12-10-8-6-4-2/h40-41,43,45-46,48H,3-39H2,1-2H3,(H,44,47). The highest BCUT2D eigenvalue weighted by Crippen LogP contribution is 2.17. The summed E-state index contributed by atoms with van der Waals surface area (Å²) in [6.07, 6.45) is 43.5. The number of carbonyl (C=O) groups is 1. The average molecular weight is 682 g/mol. The number of unbranched alkanes of at least 4 members (excludes halogenated alkanes) is 32. The van der Waals surface area contributed by atoms with Crippen LogP contribution in [-0.4, -0.2) is 46.1 Å². The molecule has 0 radical (unpaired) electrons. The van der Waals surface area contributed by atoms with E-state index in [-0.39, 0.29) is 12.5 Å². The van der Waals surface area contributed by atoms with E-state index < -0.39 is 18.2 Å². The van der Waals surface area contributed by atoms with Crippen LogP contribution in [0, 0.1) is 0 Å². The number of hydrogen-bond acceptors (Lipinski definition) is 4. The summed E-state index contributed by atoms with van der Waals surface area (Å²) in [6, 6.07) is -0.802. The molecule has 0 saturated carbocycles. The molecule has 0 aromatic rings. The molecular formula is C43H87NO4. The Hall–Kier alpha value is -0.650. The molecule has 3 atom stereocenters. The minimum absolute atomic E-state index is 0.140. The van der Waals surface area contributed by atoms with Crippen LogP contribution < -0.4 is 5.32 Å². The van der Waals surface area contributed by atoms with Gasteiger partial charge >= 0.3 is 0 Å². The Labute approximate surface area is 300 Å². The lowest BCUT2D eigenvalue weighted by Gasteiger charge is -2.26. The maximum absolute atomic E-state index is 12.4. The number of aliphatic hydroxyl groups is 3. The fourth-order valence-electron chi connectivity index (χ4n) is 7.05. The highest BCUT2D eigenvalue weighted by Gasteiger charge is 2.26. The van der Waals surface area contributed by atoms with E-state index >= 15 is 0 Å². The Bertz CT molecular complexity index is 630. The Morgan fingerprint density at radius 3 is 1.00 bits per heavy atom. The maximum Gasteiger partial charge on any atom is 0.220 e. The summed E-state index contributed by atoms with van der Waals surface area (Å²) < 4.78 is 0. The zero-order valence-corrected chi connectivity index (χ0v) is 32.6. The van der Waals surface area contributed by atoms with E-state index in [4.69, 9.17) is 0 Å². The third-order valence-corrected chi connectivity index (χ3v) is 10.5. The molecule has 48 heavy (non-hydrogen) atoms. The maximum atomic E-state index is 12.4. The van der Waals surface area contributed by atoms with E-state index in [2.05, 4.69) is 19.2 Å². The Balaban J connectivity index is 3.58. The topological polar surface area (TPSA) is 89.8 Å². The predicted octanol–water partition coefficient (Wildman–Crippen LogP) is 12.3. The number of aliphatic hydroxyl groups excluding tert-OH is 3. The van der Waals surface area contributed by atoms with Crippen LogP contribution in [0.2, 0.25) is 0 Å². The van der Waals surface area contributed by atoms with E-state index in [1.165, 1.54) is 186 Å². The SMILES string of the molecule is CCCCCCCCCCCCCCCCCCCCCC(=O)NC(CO)C(O)C(O)CCCCCCCCCCCCCCCCC. The summed E-state index contributed by atoms with van der Waals surface area (Å²) in [5.74, 6) is -0.140. The van der Waals surface area contributed by atoms with Gasteiger partial charge in [-0.25, -0.2) is 0 Å². The van der Waals surface area contributed by atoms with Gasteiger partial charge in [0.15, 0.2) is 0 Å². The highest BCUT2D eigenvalue weighted by atomic mass is 16.3. The number of carbonyl (C=O) groups excluding carboxylic acids is 1. The quantitative estimate of drug-likeness (QED) is 0.0485. The Morgan fingerprint density at radius 2 is 0.708 bits per heavy atom. The van der Waals surface area contributed by atoms with Gasteiger partial charge in [-0.15, -0.1) is 0 Å². The van der Waals surface area contributed by atoms with Gasteiger partial charge in [0.2, 0.25) is 5.91 Å². The van der Waals surface area contributed by atoms with Crippen molar-refractivity contribution in [2.45, 2.75) is 263 Å². The first-order valence-corrected chi connectivity index (χ1v) is 21.8. The summed E-state index contributed by atoms with van der Waals surface area (Å²) in [6.45, 7) is 4.20. The number of nitrogens with one attached hydrogen (secondary N) is 1. The van der Waals surface area contributed by atoms with Crippen LogP contribution in [0.25, 0.3) is 0 Å². The van der Waals surface area contributed by atoms with Gasteiger partial charge in [-0.1, -0.05) is 226 Å². The normalized spacial score (nSPS) is 13.5. The summed E-state index contributed by atoms with van der Waals surface area (Å²) in [5, 5.41) is 33.5. The zero-order valence-electron chi connectivity index (χ0n) is 32.6.